The van der Waals surface area contributed by atoms with Crippen LogP contribution in [0.1, 0.15) is 38.3 Å². The van der Waals surface area contributed by atoms with Gasteiger partial charge in [0.2, 0.25) is 11.0 Å². The third-order valence-corrected chi connectivity index (χ3v) is 3.58. The molecule has 21 heavy (non-hydrogen) atoms. The SMILES string of the molecule is CCCC(=O)Nc1ccc(O)c(C(C)Nc2nncs2)c1. The summed E-state index contributed by atoms with van der Waals surface area (Å²) in [4.78, 5) is 11.6. The zero-order valence-corrected chi connectivity index (χ0v) is 12.8. The number of carbonyl (C=O) groups excluding carboxylic acids is 1. The number of phenols is 1. The number of benzene rings is 1. The first-order valence-corrected chi connectivity index (χ1v) is 7.63. The molecule has 1 atom stereocenters. The lowest BCUT2D eigenvalue weighted by molar-refractivity contribution is -0.116. The Morgan fingerprint density at radius 1 is 1.48 bits per heavy atom. The molecule has 2 rings (SSSR count). The summed E-state index contributed by atoms with van der Waals surface area (Å²) in [5.74, 6) is 0.145. The first-order valence-electron chi connectivity index (χ1n) is 6.75. The standard InChI is InChI=1S/C14H18N4O2S/c1-3-4-13(20)17-10-5-6-12(19)11(7-10)9(2)16-14-18-15-8-21-14/h5-9,19H,3-4H2,1-2H3,(H,16,18)(H,17,20). The maximum absolute atomic E-state index is 11.6. The lowest BCUT2D eigenvalue weighted by Gasteiger charge is -2.16. The molecule has 6 nitrogen and oxygen atoms in total. The van der Waals surface area contributed by atoms with E-state index in [1.165, 1.54) is 11.3 Å². The molecule has 1 unspecified atom stereocenters. The summed E-state index contributed by atoms with van der Waals surface area (Å²) in [6.45, 7) is 3.87. The van der Waals surface area contributed by atoms with Crippen molar-refractivity contribution >= 4 is 28.1 Å². The third-order valence-electron chi connectivity index (χ3n) is 2.95. The van der Waals surface area contributed by atoms with Crippen LogP contribution in [0, 0.1) is 0 Å². The van der Waals surface area contributed by atoms with Gasteiger partial charge in [0.05, 0.1) is 6.04 Å². The lowest BCUT2D eigenvalue weighted by atomic mass is 10.1. The highest BCUT2D eigenvalue weighted by molar-refractivity contribution is 7.13. The second-order valence-electron chi connectivity index (χ2n) is 4.68. The van der Waals surface area contributed by atoms with Gasteiger partial charge in [0.25, 0.3) is 0 Å². The van der Waals surface area contributed by atoms with E-state index in [1.54, 1.807) is 23.7 Å². The summed E-state index contributed by atoms with van der Waals surface area (Å²) in [6, 6.07) is 4.88. The van der Waals surface area contributed by atoms with Crippen LogP contribution in [0.4, 0.5) is 10.8 Å². The molecule has 0 aliphatic rings. The summed E-state index contributed by atoms with van der Waals surface area (Å²) in [7, 11) is 0. The Balaban J connectivity index is 2.12. The van der Waals surface area contributed by atoms with Crippen LogP contribution in [-0.4, -0.2) is 21.2 Å². The first-order chi connectivity index (χ1) is 10.1. The maximum Gasteiger partial charge on any atom is 0.224 e. The lowest BCUT2D eigenvalue weighted by Crippen LogP contribution is -2.12. The van der Waals surface area contributed by atoms with Gasteiger partial charge >= 0.3 is 0 Å². The van der Waals surface area contributed by atoms with Crippen molar-refractivity contribution < 1.29 is 9.90 Å². The van der Waals surface area contributed by atoms with Gasteiger partial charge in [0, 0.05) is 17.7 Å². The van der Waals surface area contributed by atoms with E-state index in [1.807, 2.05) is 13.8 Å². The van der Waals surface area contributed by atoms with Gasteiger partial charge in [-0.3, -0.25) is 4.79 Å². The van der Waals surface area contributed by atoms with Crippen molar-refractivity contribution in [1.82, 2.24) is 10.2 Å². The minimum Gasteiger partial charge on any atom is -0.508 e. The number of rotatable bonds is 6. The van der Waals surface area contributed by atoms with E-state index in [4.69, 9.17) is 0 Å². The molecule has 0 saturated carbocycles. The van der Waals surface area contributed by atoms with Crippen LogP contribution in [0.3, 0.4) is 0 Å². The molecule has 0 saturated heterocycles. The Morgan fingerprint density at radius 3 is 2.95 bits per heavy atom. The Labute approximate surface area is 127 Å². The fourth-order valence-corrected chi connectivity index (χ4v) is 2.46. The fraction of sp³-hybridized carbons (Fsp3) is 0.357. The first kappa shape index (κ1) is 15.2. The molecule has 2 aromatic rings. The van der Waals surface area contributed by atoms with Gasteiger partial charge < -0.3 is 15.7 Å². The molecule has 3 N–H and O–H groups in total. The van der Waals surface area contributed by atoms with E-state index in [0.29, 0.717) is 22.8 Å². The number of aromatic hydroxyl groups is 1. The molecule has 1 aromatic heterocycles. The van der Waals surface area contributed by atoms with Crippen LogP contribution in [0.2, 0.25) is 0 Å². The largest absolute Gasteiger partial charge is 0.508 e. The van der Waals surface area contributed by atoms with Crippen LogP contribution in [0.25, 0.3) is 0 Å². The number of hydrogen-bond donors (Lipinski definition) is 3. The summed E-state index contributed by atoms with van der Waals surface area (Å²) >= 11 is 1.39. The van der Waals surface area contributed by atoms with E-state index >= 15 is 0 Å². The molecule has 0 bridgehead atoms. The molecule has 7 heteroatoms. The second kappa shape index (κ2) is 7.03. The van der Waals surface area contributed by atoms with Crippen molar-refractivity contribution in [2.24, 2.45) is 0 Å². The van der Waals surface area contributed by atoms with Crippen molar-refractivity contribution in [3.8, 4) is 5.75 Å². The molecule has 0 fully saturated rings. The van der Waals surface area contributed by atoms with Crippen molar-refractivity contribution in [2.45, 2.75) is 32.7 Å². The van der Waals surface area contributed by atoms with Gasteiger partial charge in [-0.15, -0.1) is 10.2 Å². The highest BCUT2D eigenvalue weighted by atomic mass is 32.1. The number of amides is 1. The van der Waals surface area contributed by atoms with Gasteiger partial charge in [-0.05, 0) is 31.5 Å². The number of aromatic nitrogens is 2. The van der Waals surface area contributed by atoms with Crippen LogP contribution < -0.4 is 10.6 Å². The van der Waals surface area contributed by atoms with Gasteiger partial charge in [0.1, 0.15) is 11.3 Å². The second-order valence-corrected chi connectivity index (χ2v) is 5.51. The van der Waals surface area contributed by atoms with E-state index in [9.17, 15) is 9.90 Å². The minimum absolute atomic E-state index is 0.0288. The normalized spacial score (nSPS) is 11.9. The number of anilines is 2. The molecule has 112 valence electrons. The zero-order valence-electron chi connectivity index (χ0n) is 12.0. The maximum atomic E-state index is 11.6. The van der Waals surface area contributed by atoms with E-state index < -0.39 is 0 Å². The van der Waals surface area contributed by atoms with Gasteiger partial charge in [-0.25, -0.2) is 0 Å². The smallest absolute Gasteiger partial charge is 0.224 e. The molecule has 0 aliphatic heterocycles. The predicted molar refractivity (Wildman–Crippen MR) is 83.6 cm³/mol. The average Bonchev–Trinajstić information content (AvgIpc) is 2.94. The highest BCUT2D eigenvalue weighted by Crippen LogP contribution is 2.30. The molecule has 0 aliphatic carbocycles. The molecule has 1 aromatic carbocycles. The predicted octanol–water partition coefficient (Wildman–Crippen LogP) is 3.16. The average molecular weight is 306 g/mol. The quantitative estimate of drug-likeness (QED) is 0.714. The van der Waals surface area contributed by atoms with Gasteiger partial charge in [-0.2, -0.15) is 0 Å². The van der Waals surface area contributed by atoms with E-state index in [0.717, 1.165) is 6.42 Å². The molecular formula is C14H18N4O2S. The molecule has 1 amide bonds. The topological polar surface area (TPSA) is 87.1 Å². The monoisotopic (exact) mass is 306 g/mol. The van der Waals surface area contributed by atoms with Gasteiger partial charge in [0.15, 0.2) is 0 Å². The van der Waals surface area contributed by atoms with Crippen LogP contribution in [0.15, 0.2) is 23.7 Å². The van der Waals surface area contributed by atoms with Crippen molar-refractivity contribution in [2.75, 3.05) is 10.6 Å². The number of nitrogens with zero attached hydrogens (tertiary/aromatic N) is 2. The number of carbonyl (C=O) groups is 1. The number of nitrogens with one attached hydrogen (secondary N) is 2. The Hall–Kier alpha value is -2.15. The van der Waals surface area contributed by atoms with Crippen LogP contribution in [-0.2, 0) is 4.79 Å². The Morgan fingerprint density at radius 2 is 2.29 bits per heavy atom. The number of hydrogen-bond acceptors (Lipinski definition) is 6. The van der Waals surface area contributed by atoms with E-state index in [2.05, 4.69) is 20.8 Å². The summed E-state index contributed by atoms with van der Waals surface area (Å²) in [5, 5.41) is 24.3. The summed E-state index contributed by atoms with van der Waals surface area (Å²) < 4.78 is 0. The summed E-state index contributed by atoms with van der Waals surface area (Å²) in [6.07, 6.45) is 1.28. The zero-order chi connectivity index (χ0) is 15.2. The van der Waals surface area contributed by atoms with Gasteiger partial charge in [-0.1, -0.05) is 18.3 Å². The van der Waals surface area contributed by atoms with Crippen LogP contribution in [0.5, 0.6) is 5.75 Å². The molecular weight excluding hydrogens is 288 g/mol. The molecule has 0 radical (unpaired) electrons. The van der Waals surface area contributed by atoms with Crippen molar-refractivity contribution in [1.29, 1.82) is 0 Å². The fourth-order valence-electron chi connectivity index (χ4n) is 1.93. The minimum atomic E-state index is -0.152. The third kappa shape index (κ3) is 4.16. The van der Waals surface area contributed by atoms with E-state index in [-0.39, 0.29) is 17.7 Å². The highest BCUT2D eigenvalue weighted by Gasteiger charge is 2.13. The van der Waals surface area contributed by atoms with Crippen molar-refractivity contribution in [3.63, 3.8) is 0 Å². The Kier molecular flexibility index (Phi) is 5.10. The summed E-state index contributed by atoms with van der Waals surface area (Å²) in [5.41, 5.74) is 3.00. The Bertz CT molecular complexity index is 601. The van der Waals surface area contributed by atoms with Crippen molar-refractivity contribution in [3.05, 3.63) is 29.3 Å². The molecule has 0 spiro atoms. The molecule has 1 heterocycles. The number of phenolic OH excluding ortho intramolecular Hbond substituents is 1. The van der Waals surface area contributed by atoms with Crippen LogP contribution >= 0.6 is 11.3 Å².